The Hall–Kier alpha value is -2.51. The summed E-state index contributed by atoms with van der Waals surface area (Å²) in [6.45, 7) is 1.82. The zero-order chi connectivity index (χ0) is 19.4. The SMILES string of the molecule is CCOC(=O)c1c(-c2ccc(Br)cc2)csc1N(F)C(=O)c1ccccc1. The van der Waals surface area contributed by atoms with Gasteiger partial charge in [0.1, 0.15) is 10.6 Å². The fourth-order valence-electron chi connectivity index (χ4n) is 2.52. The predicted octanol–water partition coefficient (Wildman–Crippen LogP) is 5.89. The lowest BCUT2D eigenvalue weighted by molar-refractivity contribution is 0.0528. The molecule has 0 saturated heterocycles. The maximum atomic E-state index is 14.9. The van der Waals surface area contributed by atoms with Crippen molar-refractivity contribution in [1.29, 1.82) is 0 Å². The van der Waals surface area contributed by atoms with Crippen LogP contribution in [0.4, 0.5) is 9.48 Å². The minimum absolute atomic E-state index is 0.00854. The molecule has 0 spiro atoms. The molecule has 1 amide bonds. The summed E-state index contributed by atoms with van der Waals surface area (Å²) in [5.41, 5.74) is 1.47. The van der Waals surface area contributed by atoms with Crippen molar-refractivity contribution in [2.45, 2.75) is 6.92 Å². The van der Waals surface area contributed by atoms with Crippen LogP contribution >= 0.6 is 27.3 Å². The van der Waals surface area contributed by atoms with Crippen LogP contribution in [0.2, 0.25) is 0 Å². The van der Waals surface area contributed by atoms with Gasteiger partial charge in [0.15, 0.2) is 0 Å². The number of esters is 1. The topological polar surface area (TPSA) is 46.6 Å². The molecule has 2 aromatic carbocycles. The van der Waals surface area contributed by atoms with Crippen molar-refractivity contribution in [3.8, 4) is 11.1 Å². The Morgan fingerprint density at radius 1 is 1.11 bits per heavy atom. The molecular formula is C20H15BrFNO3S. The molecule has 0 N–H and O–H groups in total. The Morgan fingerprint density at radius 3 is 2.41 bits per heavy atom. The second kappa shape index (κ2) is 8.45. The Bertz CT molecular complexity index is 957. The quantitative estimate of drug-likeness (QED) is 0.362. The van der Waals surface area contributed by atoms with Gasteiger partial charge in [0, 0.05) is 21.0 Å². The van der Waals surface area contributed by atoms with Crippen molar-refractivity contribution in [2.75, 3.05) is 11.7 Å². The molecule has 1 aromatic heterocycles. The number of thiophene rings is 1. The summed E-state index contributed by atoms with van der Waals surface area (Å²) in [6, 6.07) is 15.3. The lowest BCUT2D eigenvalue weighted by Crippen LogP contribution is -2.23. The highest BCUT2D eigenvalue weighted by molar-refractivity contribution is 9.10. The van der Waals surface area contributed by atoms with E-state index in [-0.39, 0.29) is 27.9 Å². The highest BCUT2D eigenvalue weighted by Gasteiger charge is 2.29. The number of hydrogen-bond acceptors (Lipinski definition) is 4. The number of amides is 1. The second-order valence-electron chi connectivity index (χ2n) is 5.51. The average Bonchev–Trinajstić information content (AvgIpc) is 3.13. The first kappa shape index (κ1) is 19.3. The molecule has 7 heteroatoms. The standard InChI is InChI=1S/C20H15BrFNO3S/c1-2-26-20(25)17-16(13-8-10-15(21)11-9-13)12-27-19(17)23(22)18(24)14-6-4-3-5-7-14/h3-12H,2H2,1H3. The van der Waals surface area contributed by atoms with Crippen LogP contribution < -0.4 is 5.12 Å². The third kappa shape index (κ3) is 4.09. The van der Waals surface area contributed by atoms with Gasteiger partial charge in [0.25, 0.3) is 5.91 Å². The van der Waals surface area contributed by atoms with Gasteiger partial charge >= 0.3 is 5.97 Å². The number of hydrogen-bond donors (Lipinski definition) is 0. The monoisotopic (exact) mass is 447 g/mol. The second-order valence-corrected chi connectivity index (χ2v) is 7.28. The van der Waals surface area contributed by atoms with E-state index in [9.17, 15) is 14.1 Å². The normalized spacial score (nSPS) is 10.5. The van der Waals surface area contributed by atoms with Gasteiger partial charge in [-0.3, -0.25) is 4.79 Å². The summed E-state index contributed by atoms with van der Waals surface area (Å²) < 4.78 is 20.9. The van der Waals surface area contributed by atoms with Crippen LogP contribution in [0.1, 0.15) is 27.6 Å². The lowest BCUT2D eigenvalue weighted by atomic mass is 10.0. The fourth-order valence-corrected chi connectivity index (χ4v) is 3.76. The fraction of sp³-hybridized carbons (Fsp3) is 0.100. The molecule has 0 atom stereocenters. The smallest absolute Gasteiger partial charge is 0.341 e. The highest BCUT2D eigenvalue weighted by atomic mass is 79.9. The minimum atomic E-state index is -0.842. The minimum Gasteiger partial charge on any atom is -0.462 e. The number of ether oxygens (including phenoxy) is 1. The van der Waals surface area contributed by atoms with Crippen LogP contribution in [0.5, 0.6) is 0 Å². The maximum Gasteiger partial charge on any atom is 0.341 e. The first-order valence-corrected chi connectivity index (χ1v) is 9.80. The van der Waals surface area contributed by atoms with E-state index in [1.165, 1.54) is 12.1 Å². The number of halogens is 2. The Morgan fingerprint density at radius 2 is 1.78 bits per heavy atom. The lowest BCUT2D eigenvalue weighted by Gasteiger charge is -2.13. The van der Waals surface area contributed by atoms with Crippen molar-refractivity contribution in [1.82, 2.24) is 0 Å². The number of carbonyl (C=O) groups is 2. The predicted molar refractivity (Wildman–Crippen MR) is 108 cm³/mol. The van der Waals surface area contributed by atoms with E-state index in [1.54, 1.807) is 42.6 Å². The molecule has 138 valence electrons. The Kier molecular flexibility index (Phi) is 6.03. The van der Waals surface area contributed by atoms with E-state index in [4.69, 9.17) is 4.74 Å². The molecule has 0 aliphatic rings. The molecule has 27 heavy (non-hydrogen) atoms. The van der Waals surface area contributed by atoms with Gasteiger partial charge in [0.2, 0.25) is 0 Å². The molecule has 0 aliphatic heterocycles. The van der Waals surface area contributed by atoms with Crippen LogP contribution in [0.25, 0.3) is 11.1 Å². The number of anilines is 1. The highest BCUT2D eigenvalue weighted by Crippen LogP contribution is 2.39. The van der Waals surface area contributed by atoms with Crippen LogP contribution in [0.15, 0.2) is 64.5 Å². The van der Waals surface area contributed by atoms with Crippen LogP contribution in [0, 0.1) is 0 Å². The molecule has 0 radical (unpaired) electrons. The van der Waals surface area contributed by atoms with E-state index < -0.39 is 11.9 Å². The van der Waals surface area contributed by atoms with Crippen LogP contribution in [-0.2, 0) is 4.74 Å². The number of nitrogens with zero attached hydrogens (tertiary/aromatic N) is 1. The van der Waals surface area contributed by atoms with Crippen molar-refractivity contribution in [3.05, 3.63) is 75.6 Å². The molecular weight excluding hydrogens is 433 g/mol. The summed E-state index contributed by atoms with van der Waals surface area (Å²) in [6.07, 6.45) is 0. The molecule has 3 rings (SSSR count). The zero-order valence-electron chi connectivity index (χ0n) is 14.3. The largest absolute Gasteiger partial charge is 0.462 e. The van der Waals surface area contributed by atoms with Crippen LogP contribution in [-0.4, -0.2) is 18.5 Å². The van der Waals surface area contributed by atoms with Crippen molar-refractivity contribution >= 4 is 44.1 Å². The third-order valence-corrected chi connectivity index (χ3v) is 5.25. The third-order valence-electron chi connectivity index (χ3n) is 3.78. The van der Waals surface area contributed by atoms with E-state index in [2.05, 4.69) is 15.9 Å². The van der Waals surface area contributed by atoms with Crippen LogP contribution in [0.3, 0.4) is 0 Å². The van der Waals surface area contributed by atoms with Gasteiger partial charge in [0.05, 0.1) is 6.61 Å². The van der Waals surface area contributed by atoms with Gasteiger partial charge in [-0.1, -0.05) is 50.7 Å². The molecule has 0 bridgehead atoms. The van der Waals surface area contributed by atoms with Crippen molar-refractivity contribution in [3.63, 3.8) is 0 Å². The first-order valence-electron chi connectivity index (χ1n) is 8.12. The first-order chi connectivity index (χ1) is 13.0. The molecule has 0 unspecified atom stereocenters. The van der Waals surface area contributed by atoms with E-state index in [1.807, 2.05) is 12.1 Å². The zero-order valence-corrected chi connectivity index (χ0v) is 16.7. The molecule has 0 saturated carbocycles. The number of rotatable bonds is 5. The average molecular weight is 448 g/mol. The summed E-state index contributed by atoms with van der Waals surface area (Å²) in [7, 11) is 0. The summed E-state index contributed by atoms with van der Waals surface area (Å²) >= 11 is 4.34. The van der Waals surface area contributed by atoms with Crippen molar-refractivity contribution < 1.29 is 18.8 Å². The van der Waals surface area contributed by atoms with Gasteiger partial charge in [-0.15, -0.1) is 16.5 Å². The van der Waals surface area contributed by atoms with Gasteiger partial charge in [-0.05, 0) is 36.8 Å². The van der Waals surface area contributed by atoms with Gasteiger partial charge < -0.3 is 4.74 Å². The van der Waals surface area contributed by atoms with E-state index in [0.29, 0.717) is 5.56 Å². The Balaban J connectivity index is 2.06. The molecule has 4 nitrogen and oxygen atoms in total. The molecule has 3 aromatic rings. The summed E-state index contributed by atoms with van der Waals surface area (Å²) in [5.74, 6) is -1.51. The summed E-state index contributed by atoms with van der Waals surface area (Å²) in [4.78, 5) is 25.0. The summed E-state index contributed by atoms with van der Waals surface area (Å²) in [5, 5.41) is 1.56. The van der Waals surface area contributed by atoms with E-state index in [0.717, 1.165) is 21.4 Å². The maximum absolute atomic E-state index is 14.9. The number of carbonyl (C=O) groups excluding carboxylic acids is 2. The number of benzene rings is 2. The molecule has 0 fully saturated rings. The van der Waals surface area contributed by atoms with Crippen molar-refractivity contribution in [2.24, 2.45) is 0 Å². The van der Waals surface area contributed by atoms with E-state index >= 15 is 0 Å². The molecule has 1 heterocycles. The van der Waals surface area contributed by atoms with Gasteiger partial charge in [-0.25, -0.2) is 4.79 Å². The molecule has 0 aliphatic carbocycles. The van der Waals surface area contributed by atoms with Gasteiger partial charge in [-0.2, -0.15) is 0 Å². The Labute approximate surface area is 168 Å².